The van der Waals surface area contributed by atoms with Gasteiger partial charge in [-0.15, -0.1) is 0 Å². The van der Waals surface area contributed by atoms with Crippen LogP contribution in [0.5, 0.6) is 0 Å². The van der Waals surface area contributed by atoms with Gasteiger partial charge in [-0.1, -0.05) is 12.6 Å². The number of hydrogen-bond acceptors (Lipinski definition) is 2. The van der Waals surface area contributed by atoms with Crippen molar-refractivity contribution in [3.8, 4) is 0 Å². The predicted molar refractivity (Wildman–Crippen MR) is 56.8 cm³/mol. The van der Waals surface area contributed by atoms with Crippen LogP contribution in [0.2, 0.25) is 0 Å². The van der Waals surface area contributed by atoms with E-state index >= 15 is 0 Å². The second-order valence-electron chi connectivity index (χ2n) is 3.38. The lowest BCUT2D eigenvalue weighted by atomic mass is 9.98. The SMILES string of the molecule is C=C1CCNC(=O)c2cccc(N)c21. The first kappa shape index (κ1) is 8.81. The van der Waals surface area contributed by atoms with E-state index in [4.69, 9.17) is 5.73 Å². The maximum Gasteiger partial charge on any atom is 0.251 e. The molecule has 0 radical (unpaired) electrons. The number of hydrogen-bond donors (Lipinski definition) is 2. The lowest BCUT2D eigenvalue weighted by Crippen LogP contribution is -2.22. The third-order valence-electron chi connectivity index (χ3n) is 2.41. The molecule has 1 aliphatic rings. The van der Waals surface area contributed by atoms with Crippen LogP contribution in [0.4, 0.5) is 5.69 Å². The quantitative estimate of drug-likeness (QED) is 0.605. The van der Waals surface area contributed by atoms with Gasteiger partial charge in [0.15, 0.2) is 0 Å². The maximum absolute atomic E-state index is 11.6. The molecule has 1 aromatic carbocycles. The summed E-state index contributed by atoms with van der Waals surface area (Å²) in [4.78, 5) is 11.6. The Morgan fingerprint density at radius 3 is 3.00 bits per heavy atom. The highest BCUT2D eigenvalue weighted by atomic mass is 16.1. The van der Waals surface area contributed by atoms with Crippen LogP contribution in [-0.2, 0) is 0 Å². The van der Waals surface area contributed by atoms with Gasteiger partial charge < -0.3 is 11.1 Å². The molecule has 0 saturated heterocycles. The van der Waals surface area contributed by atoms with Crippen molar-refractivity contribution in [1.82, 2.24) is 5.32 Å². The zero-order valence-corrected chi connectivity index (χ0v) is 7.84. The molecule has 14 heavy (non-hydrogen) atoms. The molecule has 1 aliphatic heterocycles. The Morgan fingerprint density at radius 2 is 2.21 bits per heavy atom. The number of anilines is 1. The smallest absolute Gasteiger partial charge is 0.251 e. The second-order valence-corrected chi connectivity index (χ2v) is 3.38. The van der Waals surface area contributed by atoms with Crippen LogP contribution < -0.4 is 11.1 Å². The predicted octanol–water partition coefficient (Wildman–Crippen LogP) is 1.42. The maximum atomic E-state index is 11.6. The first-order chi connectivity index (χ1) is 6.70. The number of nitrogens with one attached hydrogen (secondary N) is 1. The molecule has 1 heterocycles. The van der Waals surface area contributed by atoms with Gasteiger partial charge in [0.1, 0.15) is 0 Å². The largest absolute Gasteiger partial charge is 0.398 e. The van der Waals surface area contributed by atoms with E-state index in [9.17, 15) is 4.79 Å². The van der Waals surface area contributed by atoms with Crippen LogP contribution >= 0.6 is 0 Å². The van der Waals surface area contributed by atoms with E-state index in [0.717, 1.165) is 17.6 Å². The number of carbonyl (C=O) groups excluding carboxylic acids is 1. The summed E-state index contributed by atoms with van der Waals surface area (Å²) in [6.45, 7) is 4.57. The molecule has 0 spiro atoms. The highest BCUT2D eigenvalue weighted by Crippen LogP contribution is 2.28. The van der Waals surface area contributed by atoms with Gasteiger partial charge in [0, 0.05) is 23.4 Å². The fourth-order valence-electron chi connectivity index (χ4n) is 1.70. The number of rotatable bonds is 0. The van der Waals surface area contributed by atoms with Gasteiger partial charge in [-0.3, -0.25) is 4.79 Å². The van der Waals surface area contributed by atoms with Crippen LogP contribution in [-0.4, -0.2) is 12.5 Å². The summed E-state index contributed by atoms with van der Waals surface area (Å²) in [7, 11) is 0. The first-order valence-corrected chi connectivity index (χ1v) is 4.55. The molecule has 0 aromatic heterocycles. The normalized spacial score (nSPS) is 15.7. The zero-order chi connectivity index (χ0) is 10.1. The lowest BCUT2D eigenvalue weighted by Gasteiger charge is -2.08. The highest BCUT2D eigenvalue weighted by molar-refractivity contribution is 6.02. The minimum Gasteiger partial charge on any atom is -0.398 e. The van der Waals surface area contributed by atoms with Crippen molar-refractivity contribution in [1.29, 1.82) is 0 Å². The number of nitrogen functional groups attached to an aromatic ring is 1. The summed E-state index contributed by atoms with van der Waals surface area (Å²) in [5.41, 5.74) is 8.82. The molecule has 3 N–H and O–H groups in total. The Morgan fingerprint density at radius 1 is 1.43 bits per heavy atom. The minimum atomic E-state index is -0.0639. The first-order valence-electron chi connectivity index (χ1n) is 4.55. The van der Waals surface area contributed by atoms with Crippen LogP contribution in [0.3, 0.4) is 0 Å². The van der Waals surface area contributed by atoms with E-state index in [2.05, 4.69) is 11.9 Å². The molecule has 3 nitrogen and oxygen atoms in total. The Hall–Kier alpha value is -1.77. The molecule has 0 aliphatic carbocycles. The third kappa shape index (κ3) is 1.27. The van der Waals surface area contributed by atoms with Crippen LogP contribution in [0.25, 0.3) is 5.57 Å². The van der Waals surface area contributed by atoms with Gasteiger partial charge in [-0.05, 0) is 24.1 Å². The molecule has 0 saturated carbocycles. The van der Waals surface area contributed by atoms with E-state index in [1.807, 2.05) is 0 Å². The van der Waals surface area contributed by atoms with Gasteiger partial charge >= 0.3 is 0 Å². The number of fused-ring (bicyclic) bond motifs is 1. The standard InChI is InChI=1S/C11H12N2O/c1-7-5-6-13-11(14)8-3-2-4-9(12)10(7)8/h2-4H,1,5-6,12H2,(H,13,14). The van der Waals surface area contributed by atoms with Gasteiger partial charge in [-0.2, -0.15) is 0 Å². The Balaban J connectivity index is 2.65. The summed E-state index contributed by atoms with van der Waals surface area (Å²) in [6, 6.07) is 5.35. The molecule has 0 atom stereocenters. The van der Waals surface area contributed by atoms with E-state index in [1.165, 1.54) is 0 Å². The van der Waals surface area contributed by atoms with Crippen LogP contribution in [0.1, 0.15) is 22.3 Å². The Kier molecular flexibility index (Phi) is 2.00. The summed E-state index contributed by atoms with van der Waals surface area (Å²) < 4.78 is 0. The number of amides is 1. The molecule has 72 valence electrons. The van der Waals surface area contributed by atoms with Crippen molar-refractivity contribution in [2.75, 3.05) is 12.3 Å². The van der Waals surface area contributed by atoms with E-state index in [1.54, 1.807) is 18.2 Å². The molecule has 3 heteroatoms. The lowest BCUT2D eigenvalue weighted by molar-refractivity contribution is 0.0956. The highest BCUT2D eigenvalue weighted by Gasteiger charge is 2.18. The number of benzene rings is 1. The van der Waals surface area contributed by atoms with Crippen molar-refractivity contribution in [2.24, 2.45) is 0 Å². The van der Waals surface area contributed by atoms with Gasteiger partial charge in [0.25, 0.3) is 5.91 Å². The van der Waals surface area contributed by atoms with Gasteiger partial charge in [-0.25, -0.2) is 0 Å². The summed E-state index contributed by atoms with van der Waals surface area (Å²) >= 11 is 0. The monoisotopic (exact) mass is 188 g/mol. The van der Waals surface area contributed by atoms with Crippen LogP contribution in [0, 0.1) is 0 Å². The third-order valence-corrected chi connectivity index (χ3v) is 2.41. The molecule has 0 unspecified atom stereocenters. The van der Waals surface area contributed by atoms with Crippen molar-refractivity contribution in [3.63, 3.8) is 0 Å². The average Bonchev–Trinajstić information content (AvgIpc) is 2.29. The molecular weight excluding hydrogens is 176 g/mol. The second kappa shape index (κ2) is 3.18. The molecule has 1 amide bonds. The molecule has 2 rings (SSSR count). The minimum absolute atomic E-state index is 0.0639. The van der Waals surface area contributed by atoms with Crippen LogP contribution in [0.15, 0.2) is 24.8 Å². The van der Waals surface area contributed by atoms with Gasteiger partial charge in [0.05, 0.1) is 0 Å². The van der Waals surface area contributed by atoms with Crippen molar-refractivity contribution < 1.29 is 4.79 Å². The Labute approximate surface area is 82.6 Å². The zero-order valence-electron chi connectivity index (χ0n) is 7.84. The van der Waals surface area contributed by atoms with Crippen molar-refractivity contribution in [2.45, 2.75) is 6.42 Å². The Bertz CT molecular complexity index is 410. The average molecular weight is 188 g/mol. The fourth-order valence-corrected chi connectivity index (χ4v) is 1.70. The van der Waals surface area contributed by atoms with E-state index < -0.39 is 0 Å². The summed E-state index contributed by atoms with van der Waals surface area (Å²) in [5, 5.41) is 2.80. The fraction of sp³-hybridized carbons (Fsp3) is 0.182. The molecule has 0 fully saturated rings. The van der Waals surface area contributed by atoms with E-state index in [-0.39, 0.29) is 5.91 Å². The summed E-state index contributed by atoms with van der Waals surface area (Å²) in [6.07, 6.45) is 0.757. The number of carbonyl (C=O) groups is 1. The topological polar surface area (TPSA) is 55.1 Å². The molecule has 1 aromatic rings. The van der Waals surface area contributed by atoms with Crippen molar-refractivity contribution in [3.05, 3.63) is 35.9 Å². The summed E-state index contributed by atoms with van der Waals surface area (Å²) in [5.74, 6) is -0.0639. The molecular formula is C11H12N2O. The van der Waals surface area contributed by atoms with E-state index in [0.29, 0.717) is 17.8 Å². The number of nitrogens with two attached hydrogens (primary N) is 1. The molecule has 0 bridgehead atoms. The van der Waals surface area contributed by atoms with Gasteiger partial charge in [0.2, 0.25) is 0 Å². The van der Waals surface area contributed by atoms with Crippen molar-refractivity contribution >= 4 is 17.2 Å².